The summed E-state index contributed by atoms with van der Waals surface area (Å²) in [4.78, 5) is 16.1. The summed E-state index contributed by atoms with van der Waals surface area (Å²) >= 11 is 0. The lowest BCUT2D eigenvalue weighted by molar-refractivity contribution is -0.127. The van der Waals surface area contributed by atoms with Crippen LogP contribution in [0.3, 0.4) is 0 Å². The molecule has 1 saturated heterocycles. The molecule has 0 aliphatic carbocycles. The van der Waals surface area contributed by atoms with E-state index in [-0.39, 0.29) is 12.5 Å². The third-order valence-electron chi connectivity index (χ3n) is 3.83. The molecule has 0 aromatic carbocycles. The summed E-state index contributed by atoms with van der Waals surface area (Å²) in [6, 6.07) is 3.43. The molecule has 128 valence electrons. The number of sulfonamides is 1. The summed E-state index contributed by atoms with van der Waals surface area (Å²) in [7, 11) is 0.282. The number of nitrogens with zero attached hydrogens (tertiary/aromatic N) is 3. The van der Waals surface area contributed by atoms with E-state index in [0.717, 1.165) is 32.4 Å². The summed E-state index contributed by atoms with van der Waals surface area (Å²) in [5.74, 6) is 1.03. The lowest BCUT2D eigenvalue weighted by atomic mass is 10.3. The zero-order valence-corrected chi connectivity index (χ0v) is 14.5. The van der Waals surface area contributed by atoms with Gasteiger partial charge in [0, 0.05) is 39.3 Å². The Kier molecular flexibility index (Phi) is 5.61. The molecular weight excluding hydrogens is 318 g/mol. The van der Waals surface area contributed by atoms with Crippen molar-refractivity contribution in [1.82, 2.24) is 14.1 Å². The SMILES string of the molecule is CN1CCN(C(=O)/C=C/c2ccc(CN(C)S(C)(=O)=O)o2)CC1. The zero-order valence-electron chi connectivity index (χ0n) is 13.7. The van der Waals surface area contributed by atoms with Crippen LogP contribution in [0.25, 0.3) is 6.08 Å². The van der Waals surface area contributed by atoms with Crippen LogP contribution >= 0.6 is 0 Å². The van der Waals surface area contributed by atoms with Crippen LogP contribution in [0.2, 0.25) is 0 Å². The smallest absolute Gasteiger partial charge is 0.246 e. The Morgan fingerprint density at radius 3 is 2.57 bits per heavy atom. The molecule has 1 amide bonds. The third kappa shape index (κ3) is 5.19. The number of hydrogen-bond donors (Lipinski definition) is 0. The molecule has 0 radical (unpaired) electrons. The van der Waals surface area contributed by atoms with Crippen molar-refractivity contribution in [3.8, 4) is 0 Å². The summed E-state index contributed by atoms with van der Waals surface area (Å²) in [5, 5.41) is 0. The minimum absolute atomic E-state index is 0.0377. The van der Waals surface area contributed by atoms with Crippen molar-refractivity contribution in [1.29, 1.82) is 0 Å². The number of piperazine rings is 1. The van der Waals surface area contributed by atoms with Crippen molar-refractivity contribution >= 4 is 22.0 Å². The Morgan fingerprint density at radius 2 is 1.96 bits per heavy atom. The Balaban J connectivity index is 1.92. The van der Waals surface area contributed by atoms with E-state index in [1.54, 1.807) is 23.1 Å². The van der Waals surface area contributed by atoms with E-state index in [1.807, 2.05) is 7.05 Å². The van der Waals surface area contributed by atoms with Gasteiger partial charge in [0.05, 0.1) is 12.8 Å². The molecule has 0 bridgehead atoms. The minimum atomic E-state index is -3.25. The fourth-order valence-corrected chi connectivity index (χ4v) is 2.55. The molecule has 2 rings (SSSR count). The van der Waals surface area contributed by atoms with Gasteiger partial charge in [0.1, 0.15) is 11.5 Å². The van der Waals surface area contributed by atoms with Crippen LogP contribution < -0.4 is 0 Å². The van der Waals surface area contributed by atoms with Gasteiger partial charge in [-0.2, -0.15) is 4.31 Å². The van der Waals surface area contributed by atoms with Crippen LogP contribution in [0.5, 0.6) is 0 Å². The fraction of sp³-hybridized carbons (Fsp3) is 0.533. The molecule has 23 heavy (non-hydrogen) atoms. The van der Waals surface area contributed by atoms with Crippen LogP contribution in [0.15, 0.2) is 22.6 Å². The van der Waals surface area contributed by atoms with Gasteiger partial charge in [0.15, 0.2) is 0 Å². The first-order valence-electron chi connectivity index (χ1n) is 7.41. The molecule has 7 nitrogen and oxygen atoms in total. The molecular formula is C15H23N3O4S. The van der Waals surface area contributed by atoms with Gasteiger partial charge in [-0.1, -0.05) is 0 Å². The van der Waals surface area contributed by atoms with Gasteiger partial charge in [-0.15, -0.1) is 0 Å². The summed E-state index contributed by atoms with van der Waals surface area (Å²) in [6.07, 6.45) is 4.25. The second-order valence-electron chi connectivity index (χ2n) is 5.79. The number of rotatable bonds is 5. The molecule has 1 aliphatic heterocycles. The number of hydrogen-bond acceptors (Lipinski definition) is 5. The van der Waals surface area contributed by atoms with Crippen molar-refractivity contribution in [2.75, 3.05) is 46.5 Å². The highest BCUT2D eigenvalue weighted by molar-refractivity contribution is 7.88. The van der Waals surface area contributed by atoms with Crippen LogP contribution in [-0.4, -0.2) is 75.0 Å². The van der Waals surface area contributed by atoms with E-state index in [2.05, 4.69) is 4.90 Å². The second-order valence-corrected chi connectivity index (χ2v) is 7.87. The molecule has 8 heteroatoms. The Hall–Kier alpha value is -1.64. The quantitative estimate of drug-likeness (QED) is 0.728. The van der Waals surface area contributed by atoms with Gasteiger partial charge >= 0.3 is 0 Å². The van der Waals surface area contributed by atoms with E-state index in [4.69, 9.17) is 4.42 Å². The summed E-state index contributed by atoms with van der Waals surface area (Å²) < 4.78 is 29.5. The number of likely N-dealkylation sites (N-methyl/N-ethyl adjacent to an activating group) is 1. The molecule has 0 N–H and O–H groups in total. The first kappa shape index (κ1) is 17.7. The number of carbonyl (C=O) groups is 1. The Bertz CT molecular complexity index is 673. The number of carbonyl (C=O) groups excluding carboxylic acids is 1. The maximum Gasteiger partial charge on any atom is 0.246 e. The van der Waals surface area contributed by atoms with Crippen molar-refractivity contribution in [2.24, 2.45) is 0 Å². The van der Waals surface area contributed by atoms with E-state index < -0.39 is 10.0 Å². The monoisotopic (exact) mass is 341 g/mol. The topological polar surface area (TPSA) is 74.1 Å². The predicted molar refractivity (Wildman–Crippen MR) is 88.1 cm³/mol. The van der Waals surface area contributed by atoms with Gasteiger partial charge in [-0.25, -0.2) is 8.42 Å². The van der Waals surface area contributed by atoms with Gasteiger partial charge in [0.25, 0.3) is 0 Å². The van der Waals surface area contributed by atoms with E-state index in [1.165, 1.54) is 17.4 Å². The molecule has 0 unspecified atom stereocenters. The van der Waals surface area contributed by atoms with Gasteiger partial charge in [-0.05, 0) is 25.3 Å². The lowest BCUT2D eigenvalue weighted by Crippen LogP contribution is -2.46. The van der Waals surface area contributed by atoms with E-state index >= 15 is 0 Å². The summed E-state index contributed by atoms with van der Waals surface area (Å²) in [5.41, 5.74) is 0. The van der Waals surface area contributed by atoms with Crippen molar-refractivity contribution < 1.29 is 17.6 Å². The van der Waals surface area contributed by atoms with Crippen molar-refractivity contribution in [2.45, 2.75) is 6.54 Å². The highest BCUT2D eigenvalue weighted by Gasteiger charge is 2.17. The van der Waals surface area contributed by atoms with Gasteiger partial charge in [0.2, 0.25) is 15.9 Å². The number of furan rings is 1. The second kappa shape index (κ2) is 7.29. The summed E-state index contributed by atoms with van der Waals surface area (Å²) in [6.45, 7) is 3.37. The first-order valence-corrected chi connectivity index (χ1v) is 9.26. The lowest BCUT2D eigenvalue weighted by Gasteiger charge is -2.31. The highest BCUT2D eigenvalue weighted by atomic mass is 32.2. The molecule has 0 spiro atoms. The maximum absolute atomic E-state index is 12.1. The van der Waals surface area contributed by atoms with Crippen LogP contribution in [0.1, 0.15) is 11.5 Å². The first-order chi connectivity index (χ1) is 10.8. The number of amides is 1. The Labute approximate surface area is 137 Å². The van der Waals surface area contributed by atoms with Gasteiger partial charge < -0.3 is 14.2 Å². The molecule has 2 heterocycles. The maximum atomic E-state index is 12.1. The standard InChI is InChI=1S/C15H23N3O4S/c1-16-8-10-18(11-9-16)15(19)7-6-13-4-5-14(22-13)12-17(2)23(3,20)21/h4-7H,8-12H2,1-3H3/b7-6+. The normalized spacial score (nSPS) is 17.3. The fourth-order valence-electron chi connectivity index (χ4n) is 2.19. The minimum Gasteiger partial charge on any atom is -0.460 e. The molecule has 1 aromatic rings. The van der Waals surface area contributed by atoms with E-state index in [9.17, 15) is 13.2 Å². The molecule has 1 aromatic heterocycles. The molecule has 1 aliphatic rings. The van der Waals surface area contributed by atoms with Crippen LogP contribution in [0, 0.1) is 0 Å². The third-order valence-corrected chi connectivity index (χ3v) is 5.09. The van der Waals surface area contributed by atoms with Crippen molar-refractivity contribution in [3.05, 3.63) is 29.7 Å². The predicted octanol–water partition coefficient (Wildman–Crippen LogP) is 0.458. The highest BCUT2D eigenvalue weighted by Crippen LogP contribution is 2.13. The van der Waals surface area contributed by atoms with Crippen molar-refractivity contribution in [3.63, 3.8) is 0 Å². The van der Waals surface area contributed by atoms with E-state index in [0.29, 0.717) is 11.5 Å². The average molecular weight is 341 g/mol. The van der Waals surface area contributed by atoms with Gasteiger partial charge in [-0.3, -0.25) is 4.79 Å². The molecule has 0 atom stereocenters. The Morgan fingerprint density at radius 1 is 1.30 bits per heavy atom. The molecule has 0 saturated carbocycles. The largest absolute Gasteiger partial charge is 0.460 e. The molecule has 1 fully saturated rings. The van der Waals surface area contributed by atoms with Crippen LogP contribution in [-0.2, 0) is 21.4 Å². The average Bonchev–Trinajstić information content (AvgIpc) is 2.92. The van der Waals surface area contributed by atoms with Crippen LogP contribution in [0.4, 0.5) is 0 Å². The zero-order chi connectivity index (χ0) is 17.0.